The fourth-order valence-corrected chi connectivity index (χ4v) is 1.84. The average molecular weight is 195 g/mol. The standard InChI is InChI=1S/C9H13N3O2/c1-9(8(13)14-2)7-6(3-4-12-9)10-5-11-7/h5,12H,3-4H2,1-2H3,(H,10,11). The van der Waals surface area contributed by atoms with Crippen LogP contribution in [0, 0.1) is 0 Å². The summed E-state index contributed by atoms with van der Waals surface area (Å²) in [5.74, 6) is -0.300. The van der Waals surface area contributed by atoms with Crippen LogP contribution in [0.5, 0.6) is 0 Å². The second kappa shape index (κ2) is 3.09. The van der Waals surface area contributed by atoms with Gasteiger partial charge in [-0.3, -0.25) is 5.32 Å². The summed E-state index contributed by atoms with van der Waals surface area (Å²) in [7, 11) is 1.39. The summed E-state index contributed by atoms with van der Waals surface area (Å²) < 4.78 is 4.76. The molecule has 1 aliphatic heterocycles. The van der Waals surface area contributed by atoms with Crippen LogP contribution in [-0.4, -0.2) is 29.6 Å². The van der Waals surface area contributed by atoms with Gasteiger partial charge in [0.2, 0.25) is 0 Å². The van der Waals surface area contributed by atoms with Crippen molar-refractivity contribution in [1.82, 2.24) is 15.3 Å². The highest BCUT2D eigenvalue weighted by Gasteiger charge is 2.42. The van der Waals surface area contributed by atoms with E-state index in [9.17, 15) is 4.79 Å². The molecule has 2 N–H and O–H groups in total. The van der Waals surface area contributed by atoms with Crippen LogP contribution in [0.2, 0.25) is 0 Å². The molecule has 1 aromatic rings. The van der Waals surface area contributed by atoms with Crippen LogP contribution in [0.15, 0.2) is 6.33 Å². The van der Waals surface area contributed by atoms with Gasteiger partial charge in [0.25, 0.3) is 0 Å². The van der Waals surface area contributed by atoms with Gasteiger partial charge in [0.05, 0.1) is 19.1 Å². The molecule has 0 radical (unpaired) electrons. The number of hydrogen-bond acceptors (Lipinski definition) is 4. The number of aromatic nitrogens is 2. The van der Waals surface area contributed by atoms with Gasteiger partial charge in [-0.2, -0.15) is 0 Å². The number of nitrogens with zero attached hydrogens (tertiary/aromatic N) is 1. The van der Waals surface area contributed by atoms with E-state index in [1.54, 1.807) is 13.3 Å². The minimum atomic E-state index is -0.803. The molecular formula is C9H13N3O2. The molecule has 14 heavy (non-hydrogen) atoms. The monoisotopic (exact) mass is 195 g/mol. The van der Waals surface area contributed by atoms with Crippen molar-refractivity contribution in [3.8, 4) is 0 Å². The summed E-state index contributed by atoms with van der Waals surface area (Å²) in [5, 5.41) is 3.13. The van der Waals surface area contributed by atoms with Crippen molar-refractivity contribution in [3.05, 3.63) is 17.7 Å². The van der Waals surface area contributed by atoms with Gasteiger partial charge in [-0.1, -0.05) is 0 Å². The minimum Gasteiger partial charge on any atom is -0.467 e. The first-order valence-corrected chi connectivity index (χ1v) is 4.54. The van der Waals surface area contributed by atoms with Crippen LogP contribution in [0.4, 0.5) is 0 Å². The van der Waals surface area contributed by atoms with E-state index >= 15 is 0 Å². The maximum Gasteiger partial charge on any atom is 0.332 e. The molecule has 1 atom stereocenters. The quantitative estimate of drug-likeness (QED) is 0.616. The van der Waals surface area contributed by atoms with Gasteiger partial charge >= 0.3 is 5.97 Å². The molecule has 1 aromatic heterocycles. The van der Waals surface area contributed by atoms with Crippen LogP contribution >= 0.6 is 0 Å². The van der Waals surface area contributed by atoms with Crippen molar-refractivity contribution in [2.45, 2.75) is 18.9 Å². The normalized spacial score (nSPS) is 25.6. The molecule has 0 fully saturated rings. The lowest BCUT2D eigenvalue weighted by Crippen LogP contribution is -2.51. The van der Waals surface area contributed by atoms with Crippen molar-refractivity contribution in [1.29, 1.82) is 0 Å². The van der Waals surface area contributed by atoms with Gasteiger partial charge in [0.15, 0.2) is 5.54 Å². The number of ether oxygens (including phenoxy) is 1. The van der Waals surface area contributed by atoms with Crippen molar-refractivity contribution < 1.29 is 9.53 Å². The number of esters is 1. The molecule has 5 heteroatoms. The van der Waals surface area contributed by atoms with Gasteiger partial charge in [0.1, 0.15) is 0 Å². The molecule has 0 saturated carbocycles. The number of imidazole rings is 1. The van der Waals surface area contributed by atoms with E-state index in [4.69, 9.17) is 4.74 Å². The molecule has 0 bridgehead atoms. The summed E-state index contributed by atoms with van der Waals surface area (Å²) in [6, 6.07) is 0. The third-order valence-electron chi connectivity index (χ3n) is 2.64. The average Bonchev–Trinajstić information content (AvgIpc) is 2.66. The Hall–Kier alpha value is -1.36. The second-order valence-corrected chi connectivity index (χ2v) is 3.52. The van der Waals surface area contributed by atoms with Crippen molar-refractivity contribution >= 4 is 5.97 Å². The fraction of sp³-hybridized carbons (Fsp3) is 0.556. The molecule has 0 aliphatic carbocycles. The number of aromatic amines is 1. The molecule has 1 aliphatic rings. The van der Waals surface area contributed by atoms with Gasteiger partial charge in [-0.15, -0.1) is 0 Å². The highest BCUT2D eigenvalue weighted by molar-refractivity contribution is 5.82. The van der Waals surface area contributed by atoms with E-state index < -0.39 is 5.54 Å². The summed E-state index contributed by atoms with van der Waals surface area (Å²) >= 11 is 0. The molecular weight excluding hydrogens is 182 g/mol. The molecule has 2 rings (SSSR count). The van der Waals surface area contributed by atoms with Crippen molar-refractivity contribution in [3.63, 3.8) is 0 Å². The van der Waals surface area contributed by atoms with Gasteiger partial charge in [-0.05, 0) is 6.92 Å². The van der Waals surface area contributed by atoms with Gasteiger partial charge in [-0.25, -0.2) is 9.78 Å². The van der Waals surface area contributed by atoms with E-state index in [1.807, 2.05) is 0 Å². The Morgan fingerprint density at radius 3 is 3.21 bits per heavy atom. The van der Waals surface area contributed by atoms with E-state index in [2.05, 4.69) is 15.3 Å². The predicted octanol–water partition coefficient (Wildman–Crippen LogP) is -0.0564. The van der Waals surface area contributed by atoms with Gasteiger partial charge in [0, 0.05) is 18.7 Å². The lowest BCUT2D eigenvalue weighted by atomic mass is 9.92. The number of carbonyl (C=O) groups excluding carboxylic acids is 1. The van der Waals surface area contributed by atoms with E-state index in [-0.39, 0.29) is 5.97 Å². The number of H-pyrrole nitrogens is 1. The van der Waals surface area contributed by atoms with Crippen LogP contribution in [0.1, 0.15) is 18.3 Å². The summed E-state index contributed by atoms with van der Waals surface area (Å²) in [4.78, 5) is 18.8. The van der Waals surface area contributed by atoms with Crippen LogP contribution in [0.3, 0.4) is 0 Å². The number of nitrogens with one attached hydrogen (secondary N) is 2. The van der Waals surface area contributed by atoms with Crippen molar-refractivity contribution in [2.75, 3.05) is 13.7 Å². The lowest BCUT2D eigenvalue weighted by molar-refractivity contribution is -0.148. The molecule has 0 amide bonds. The molecule has 76 valence electrons. The Bertz CT molecular complexity index is 361. The molecule has 0 aromatic carbocycles. The maximum absolute atomic E-state index is 11.6. The molecule has 5 nitrogen and oxygen atoms in total. The topological polar surface area (TPSA) is 67.0 Å². The second-order valence-electron chi connectivity index (χ2n) is 3.52. The van der Waals surface area contributed by atoms with Crippen LogP contribution in [0.25, 0.3) is 0 Å². The first kappa shape index (κ1) is 9.21. The maximum atomic E-state index is 11.6. The van der Waals surface area contributed by atoms with Crippen molar-refractivity contribution in [2.24, 2.45) is 0 Å². The Kier molecular flexibility index (Phi) is 2.03. The smallest absolute Gasteiger partial charge is 0.332 e. The summed E-state index contributed by atoms with van der Waals surface area (Å²) in [6.07, 6.45) is 2.47. The molecule has 2 heterocycles. The van der Waals surface area contributed by atoms with E-state index in [0.29, 0.717) is 0 Å². The molecule has 0 saturated heterocycles. The third kappa shape index (κ3) is 1.13. The number of rotatable bonds is 1. The van der Waals surface area contributed by atoms with E-state index in [1.165, 1.54) is 7.11 Å². The zero-order valence-electron chi connectivity index (χ0n) is 8.26. The SMILES string of the molecule is COC(=O)C1(C)NCCc2[nH]cnc21. The van der Waals surface area contributed by atoms with E-state index in [0.717, 1.165) is 24.4 Å². The summed E-state index contributed by atoms with van der Waals surface area (Å²) in [6.45, 7) is 2.54. The number of fused-ring (bicyclic) bond motifs is 1. The largest absolute Gasteiger partial charge is 0.467 e. The number of methoxy groups -OCH3 is 1. The molecule has 1 unspecified atom stereocenters. The number of carbonyl (C=O) groups is 1. The predicted molar refractivity (Wildman–Crippen MR) is 49.7 cm³/mol. The molecule has 0 spiro atoms. The summed E-state index contributed by atoms with van der Waals surface area (Å²) in [5.41, 5.74) is 0.953. The first-order valence-electron chi connectivity index (χ1n) is 4.54. The highest BCUT2D eigenvalue weighted by atomic mass is 16.5. The third-order valence-corrected chi connectivity index (χ3v) is 2.64. The Labute approximate surface area is 81.9 Å². The minimum absolute atomic E-state index is 0.300. The Balaban J connectivity index is 2.44. The van der Waals surface area contributed by atoms with Crippen LogP contribution in [-0.2, 0) is 21.5 Å². The zero-order chi connectivity index (χ0) is 10.2. The fourth-order valence-electron chi connectivity index (χ4n) is 1.84. The number of hydrogen-bond donors (Lipinski definition) is 2. The van der Waals surface area contributed by atoms with Gasteiger partial charge < -0.3 is 9.72 Å². The Morgan fingerprint density at radius 1 is 1.71 bits per heavy atom. The highest BCUT2D eigenvalue weighted by Crippen LogP contribution is 2.26. The first-order chi connectivity index (χ1) is 6.68. The van der Waals surface area contributed by atoms with Crippen LogP contribution < -0.4 is 5.32 Å². The Morgan fingerprint density at radius 2 is 2.50 bits per heavy atom. The zero-order valence-corrected chi connectivity index (χ0v) is 8.26. The lowest BCUT2D eigenvalue weighted by Gasteiger charge is -2.30.